The first-order chi connectivity index (χ1) is 14.3. The lowest BCUT2D eigenvalue weighted by Crippen LogP contribution is -2.37. The zero-order valence-corrected chi connectivity index (χ0v) is 17.3. The maximum absolute atomic E-state index is 4.33. The molecule has 3 aromatic rings. The third-order valence-corrected chi connectivity index (χ3v) is 4.84. The molecule has 0 aliphatic carbocycles. The van der Waals surface area contributed by atoms with Crippen molar-refractivity contribution in [1.82, 2.24) is 25.4 Å². The second kappa shape index (κ2) is 11.0. The van der Waals surface area contributed by atoms with E-state index in [1.165, 1.54) is 35.1 Å². The van der Waals surface area contributed by atoms with Gasteiger partial charge in [0.1, 0.15) is 12.7 Å². The Balaban J connectivity index is 1.64. The van der Waals surface area contributed by atoms with Gasteiger partial charge in [-0.3, -0.25) is 4.99 Å². The van der Waals surface area contributed by atoms with Crippen LogP contribution in [0.2, 0.25) is 0 Å². The first-order valence-corrected chi connectivity index (χ1v) is 10.2. The summed E-state index contributed by atoms with van der Waals surface area (Å²) in [5.74, 6) is 0.846. The maximum Gasteiger partial charge on any atom is 0.191 e. The lowest BCUT2D eigenvalue weighted by molar-refractivity contribution is 0.683. The minimum Gasteiger partial charge on any atom is -0.356 e. The maximum atomic E-state index is 4.33. The average Bonchev–Trinajstić information content (AvgIpc) is 3.27. The van der Waals surface area contributed by atoms with Gasteiger partial charge in [-0.25, -0.2) is 9.67 Å². The van der Waals surface area contributed by atoms with E-state index in [0.717, 1.165) is 32.0 Å². The van der Waals surface area contributed by atoms with Crippen LogP contribution in [0.15, 0.2) is 66.2 Å². The van der Waals surface area contributed by atoms with Crippen LogP contribution < -0.4 is 10.6 Å². The van der Waals surface area contributed by atoms with Crippen LogP contribution in [0.1, 0.15) is 37.3 Å². The van der Waals surface area contributed by atoms with Crippen LogP contribution in [-0.2, 0) is 13.1 Å². The molecule has 3 rings (SSSR count). The first kappa shape index (κ1) is 20.6. The monoisotopic (exact) mass is 390 g/mol. The molecule has 0 saturated heterocycles. The first-order valence-electron chi connectivity index (χ1n) is 10.2. The summed E-state index contributed by atoms with van der Waals surface area (Å²) >= 11 is 0. The van der Waals surface area contributed by atoms with Crippen LogP contribution >= 0.6 is 0 Å². The van der Waals surface area contributed by atoms with E-state index in [-0.39, 0.29) is 0 Å². The lowest BCUT2D eigenvalue weighted by atomic mass is 9.98. The number of nitrogens with one attached hydrogen (secondary N) is 2. The Hall–Kier alpha value is -3.15. The van der Waals surface area contributed by atoms with Crippen molar-refractivity contribution >= 4 is 5.96 Å². The highest BCUT2D eigenvalue weighted by molar-refractivity contribution is 5.80. The van der Waals surface area contributed by atoms with Gasteiger partial charge in [0.15, 0.2) is 5.96 Å². The van der Waals surface area contributed by atoms with E-state index >= 15 is 0 Å². The predicted octanol–water partition coefficient (Wildman–Crippen LogP) is 3.85. The van der Waals surface area contributed by atoms with E-state index in [1.54, 1.807) is 12.7 Å². The second-order valence-corrected chi connectivity index (χ2v) is 7.01. The Kier molecular flexibility index (Phi) is 7.81. The van der Waals surface area contributed by atoms with Crippen LogP contribution in [0.3, 0.4) is 0 Å². The van der Waals surface area contributed by atoms with Gasteiger partial charge in [0.25, 0.3) is 0 Å². The number of hydrogen-bond donors (Lipinski definition) is 2. The summed E-state index contributed by atoms with van der Waals surface area (Å²) in [7, 11) is 1.81. The summed E-state index contributed by atoms with van der Waals surface area (Å²) in [4.78, 5) is 8.33. The van der Waals surface area contributed by atoms with Crippen molar-refractivity contribution in [2.45, 2.75) is 39.3 Å². The van der Waals surface area contributed by atoms with Gasteiger partial charge in [0.2, 0.25) is 0 Å². The minimum absolute atomic E-state index is 0.726. The fourth-order valence-electron chi connectivity index (χ4n) is 3.23. The van der Waals surface area contributed by atoms with Gasteiger partial charge in [-0.15, -0.1) is 0 Å². The zero-order valence-electron chi connectivity index (χ0n) is 17.3. The van der Waals surface area contributed by atoms with Crippen LogP contribution in [0.4, 0.5) is 0 Å². The van der Waals surface area contributed by atoms with E-state index in [0.29, 0.717) is 0 Å². The molecular weight excluding hydrogens is 360 g/mol. The highest BCUT2D eigenvalue weighted by atomic mass is 15.3. The van der Waals surface area contributed by atoms with Gasteiger partial charge in [-0.05, 0) is 28.7 Å². The quantitative estimate of drug-likeness (QED) is 0.331. The Morgan fingerprint density at radius 2 is 1.86 bits per heavy atom. The van der Waals surface area contributed by atoms with Gasteiger partial charge in [0, 0.05) is 20.1 Å². The van der Waals surface area contributed by atoms with Gasteiger partial charge >= 0.3 is 0 Å². The topological polar surface area (TPSA) is 67.1 Å². The minimum atomic E-state index is 0.726. The molecule has 0 fully saturated rings. The summed E-state index contributed by atoms with van der Waals surface area (Å²) in [6.07, 6.45) is 6.91. The van der Waals surface area contributed by atoms with Crippen molar-refractivity contribution < 1.29 is 0 Å². The van der Waals surface area contributed by atoms with Crippen LogP contribution in [0.25, 0.3) is 11.1 Å². The summed E-state index contributed by atoms with van der Waals surface area (Å²) in [6.45, 7) is 4.61. The van der Waals surface area contributed by atoms with Crippen molar-refractivity contribution in [2.75, 3.05) is 13.6 Å². The summed E-state index contributed by atoms with van der Waals surface area (Å²) in [5, 5.41) is 11.0. The number of unbranched alkanes of at least 4 members (excludes halogenated alkanes) is 2. The summed E-state index contributed by atoms with van der Waals surface area (Å²) in [6, 6.07) is 17.1. The normalized spacial score (nSPS) is 11.4. The molecule has 0 saturated carbocycles. The number of benzene rings is 2. The molecule has 0 unspecified atom stereocenters. The molecule has 29 heavy (non-hydrogen) atoms. The second-order valence-electron chi connectivity index (χ2n) is 7.01. The van der Waals surface area contributed by atoms with Gasteiger partial charge < -0.3 is 10.6 Å². The fourth-order valence-corrected chi connectivity index (χ4v) is 3.23. The molecule has 2 N–H and O–H groups in total. The molecule has 1 heterocycles. The number of hydrogen-bond acceptors (Lipinski definition) is 3. The Labute approximate surface area is 173 Å². The standard InChI is InChI=1S/C23H30N6/c1-3-4-7-14-26-23(24-2)27-15-21-8-5-6-9-22(21)20-12-10-19(11-13-20)16-29-18-25-17-28-29/h5-6,8-13,17-18H,3-4,7,14-16H2,1-2H3,(H2,24,26,27). The Bertz CT molecular complexity index is 884. The lowest BCUT2D eigenvalue weighted by Gasteiger charge is -2.14. The van der Waals surface area contributed by atoms with Crippen LogP contribution in [0.5, 0.6) is 0 Å². The molecular formula is C23H30N6. The molecule has 0 atom stereocenters. The molecule has 0 spiro atoms. The summed E-state index contributed by atoms with van der Waals surface area (Å²) < 4.78 is 1.83. The molecule has 6 heteroatoms. The third-order valence-electron chi connectivity index (χ3n) is 4.84. The molecule has 0 radical (unpaired) electrons. The Morgan fingerprint density at radius 3 is 2.59 bits per heavy atom. The van der Waals surface area contributed by atoms with Crippen molar-refractivity contribution in [1.29, 1.82) is 0 Å². The molecule has 0 amide bonds. The molecule has 0 aliphatic heterocycles. The Morgan fingerprint density at radius 1 is 1.03 bits per heavy atom. The highest BCUT2D eigenvalue weighted by Gasteiger charge is 2.06. The van der Waals surface area contributed by atoms with E-state index in [4.69, 9.17) is 0 Å². The molecule has 152 valence electrons. The van der Waals surface area contributed by atoms with Gasteiger partial charge in [0.05, 0.1) is 6.54 Å². The molecule has 6 nitrogen and oxygen atoms in total. The molecule has 0 bridgehead atoms. The number of guanidine groups is 1. The third kappa shape index (κ3) is 6.17. The highest BCUT2D eigenvalue weighted by Crippen LogP contribution is 2.24. The van der Waals surface area contributed by atoms with Crippen molar-refractivity contribution in [3.8, 4) is 11.1 Å². The van der Waals surface area contributed by atoms with E-state index < -0.39 is 0 Å². The zero-order chi connectivity index (χ0) is 20.3. The van der Waals surface area contributed by atoms with Gasteiger partial charge in [-0.1, -0.05) is 68.3 Å². The molecule has 0 aliphatic rings. The van der Waals surface area contributed by atoms with Gasteiger partial charge in [-0.2, -0.15) is 5.10 Å². The fraction of sp³-hybridized carbons (Fsp3) is 0.348. The van der Waals surface area contributed by atoms with Crippen molar-refractivity contribution in [2.24, 2.45) is 4.99 Å². The van der Waals surface area contributed by atoms with Crippen molar-refractivity contribution in [3.63, 3.8) is 0 Å². The number of nitrogens with zero attached hydrogens (tertiary/aromatic N) is 4. The van der Waals surface area contributed by atoms with E-state index in [2.05, 4.69) is 81.2 Å². The number of aliphatic imine (C=N–C) groups is 1. The largest absolute Gasteiger partial charge is 0.356 e. The SMILES string of the molecule is CCCCCNC(=NC)NCc1ccccc1-c1ccc(Cn2cncn2)cc1. The van der Waals surface area contributed by atoms with Crippen molar-refractivity contribution in [3.05, 3.63) is 72.3 Å². The molecule has 1 aromatic heterocycles. The van der Waals surface area contributed by atoms with Crippen LogP contribution in [-0.4, -0.2) is 34.3 Å². The predicted molar refractivity (Wildman–Crippen MR) is 119 cm³/mol. The average molecular weight is 391 g/mol. The van der Waals surface area contributed by atoms with Crippen LogP contribution in [0, 0.1) is 0 Å². The summed E-state index contributed by atoms with van der Waals surface area (Å²) in [5.41, 5.74) is 4.88. The molecule has 2 aromatic carbocycles. The number of rotatable bonds is 9. The van der Waals surface area contributed by atoms with E-state index in [9.17, 15) is 0 Å². The smallest absolute Gasteiger partial charge is 0.191 e. The van der Waals surface area contributed by atoms with E-state index in [1.807, 2.05) is 11.7 Å². The number of aromatic nitrogens is 3.